The van der Waals surface area contributed by atoms with Gasteiger partial charge >= 0.3 is 5.97 Å². The highest BCUT2D eigenvalue weighted by Crippen LogP contribution is 2.29. The standard InChI is InChI=1S/C80H76N12O9/c93-73(35-36-75(95)92-48-51-20-4-3-18-49(51)33-34-50-19-5-16-31-72(50)92)81-37-17-1-2-32-74(94)87-67(38-52-43-82-62-26-11-6-21-57(52)62)76(96)88-68(39-53-44-83-63-27-12-7-22-58(53)63)77(97)89-69(40-54-45-84-64-28-13-8-23-59(54)64)78(98)90-70(41-55-46-85-65-29-14-9-24-60(55)65)79(99)91-71(80(100)101)42-56-47-86-66-30-15-10-25-61(56)66/h3-16,18-31,43-47,67-71,82-86H,1-2,17,32,35-42,48H2,(H,81,93)(H,87,94)(H,88,96)(H,89,97)(H,90,98)(H,91,99)(H,100,101)/t67-,68-,69-,70-,71-/m1/s1. The Labute approximate surface area is 581 Å². The average molecular weight is 1350 g/mol. The Hall–Kier alpha value is -12.4. The van der Waals surface area contributed by atoms with Crippen molar-refractivity contribution in [1.29, 1.82) is 0 Å². The molecule has 0 spiro atoms. The van der Waals surface area contributed by atoms with Crippen LogP contribution in [-0.4, -0.2) is 114 Å². The van der Waals surface area contributed by atoms with E-state index in [4.69, 9.17) is 0 Å². The van der Waals surface area contributed by atoms with Crippen LogP contribution in [0, 0.1) is 11.8 Å². The molecule has 13 rings (SSSR count). The zero-order chi connectivity index (χ0) is 69.8. The number of benzene rings is 7. The van der Waals surface area contributed by atoms with Crippen LogP contribution in [0.4, 0.5) is 5.69 Å². The number of H-pyrrole nitrogens is 5. The van der Waals surface area contributed by atoms with Gasteiger partial charge in [-0.25, -0.2) is 4.79 Å². The summed E-state index contributed by atoms with van der Waals surface area (Å²) in [7, 11) is 0. The Kier molecular flexibility index (Phi) is 20.6. The van der Waals surface area contributed by atoms with Gasteiger partial charge in [-0.2, -0.15) is 0 Å². The Morgan fingerprint density at radius 1 is 0.376 bits per heavy atom. The first-order valence-corrected chi connectivity index (χ1v) is 34.0. The lowest BCUT2D eigenvalue weighted by Crippen LogP contribution is -2.60. The molecule has 12 aromatic rings. The number of carbonyl (C=O) groups is 8. The van der Waals surface area contributed by atoms with Crippen LogP contribution in [0.25, 0.3) is 54.5 Å². The van der Waals surface area contributed by atoms with Gasteiger partial charge < -0.3 is 66.8 Å². The number of para-hydroxylation sites is 6. The van der Waals surface area contributed by atoms with Gasteiger partial charge in [-0.15, -0.1) is 0 Å². The van der Waals surface area contributed by atoms with Crippen LogP contribution >= 0.6 is 0 Å². The number of nitrogens with zero attached hydrogens (tertiary/aromatic N) is 1. The summed E-state index contributed by atoms with van der Waals surface area (Å²) >= 11 is 0. The molecule has 0 unspecified atom stereocenters. The molecule has 0 fully saturated rings. The molecule has 7 aromatic carbocycles. The molecular formula is C80H76N12O9. The number of aromatic amines is 5. The number of aromatic nitrogens is 5. The summed E-state index contributed by atoms with van der Waals surface area (Å²) in [4.78, 5) is 133. The molecule has 0 saturated carbocycles. The number of aliphatic carboxylic acids is 1. The summed E-state index contributed by atoms with van der Waals surface area (Å²) in [5.74, 6) is 1.28. The molecule has 1 aliphatic rings. The molecule has 510 valence electrons. The van der Waals surface area contributed by atoms with Gasteiger partial charge in [-0.1, -0.05) is 140 Å². The normalized spacial score (nSPS) is 13.3. The van der Waals surface area contributed by atoms with Crippen LogP contribution in [0.3, 0.4) is 0 Å². The number of fused-ring (bicyclic) bond motifs is 7. The molecule has 5 atom stereocenters. The molecule has 0 bridgehead atoms. The molecule has 6 heterocycles. The number of carboxylic acids is 1. The summed E-state index contributed by atoms with van der Waals surface area (Å²) < 4.78 is 0. The highest BCUT2D eigenvalue weighted by molar-refractivity contribution is 6.00. The van der Waals surface area contributed by atoms with Crippen LogP contribution in [-0.2, 0) is 77.0 Å². The summed E-state index contributed by atoms with van der Waals surface area (Å²) in [6.07, 6.45) is 9.98. The van der Waals surface area contributed by atoms with E-state index < -0.39 is 65.7 Å². The fraction of sp³-hybridized carbons (Fsp3) is 0.225. The van der Waals surface area contributed by atoms with E-state index in [2.05, 4.69) is 68.7 Å². The Bertz CT molecular complexity index is 5140. The number of hydrogen-bond donors (Lipinski definition) is 12. The summed E-state index contributed by atoms with van der Waals surface area (Å²) in [5.41, 5.74) is 10.5. The second-order valence-electron chi connectivity index (χ2n) is 25.6. The molecule has 21 nitrogen and oxygen atoms in total. The van der Waals surface area contributed by atoms with Gasteiger partial charge in [0.05, 0.1) is 12.2 Å². The second kappa shape index (κ2) is 31.0. The maximum atomic E-state index is 15.6. The van der Waals surface area contributed by atoms with Crippen molar-refractivity contribution in [1.82, 2.24) is 56.8 Å². The van der Waals surface area contributed by atoms with E-state index in [0.717, 1.165) is 76.8 Å². The molecular weight excluding hydrogens is 1270 g/mol. The third kappa shape index (κ3) is 15.9. The number of carbonyl (C=O) groups excluding carboxylic acids is 7. The molecule has 101 heavy (non-hydrogen) atoms. The number of carboxylic acid groups (broad SMARTS) is 1. The molecule has 1 aliphatic heterocycles. The van der Waals surface area contributed by atoms with Crippen LogP contribution in [0.1, 0.15) is 83.0 Å². The van der Waals surface area contributed by atoms with Crippen molar-refractivity contribution < 1.29 is 43.5 Å². The van der Waals surface area contributed by atoms with E-state index in [9.17, 15) is 29.1 Å². The number of nitrogens with one attached hydrogen (secondary N) is 11. The van der Waals surface area contributed by atoms with Crippen LogP contribution in [0.5, 0.6) is 0 Å². The molecule has 7 amide bonds. The van der Waals surface area contributed by atoms with Crippen molar-refractivity contribution in [3.05, 3.63) is 245 Å². The van der Waals surface area contributed by atoms with Crippen molar-refractivity contribution in [2.24, 2.45) is 0 Å². The van der Waals surface area contributed by atoms with Crippen molar-refractivity contribution in [3.63, 3.8) is 0 Å². The fourth-order valence-corrected chi connectivity index (χ4v) is 13.5. The highest BCUT2D eigenvalue weighted by Gasteiger charge is 2.35. The van der Waals surface area contributed by atoms with Crippen LogP contribution in [0.15, 0.2) is 201 Å². The molecule has 5 aromatic heterocycles. The van der Waals surface area contributed by atoms with E-state index in [1.807, 2.05) is 170 Å². The van der Waals surface area contributed by atoms with Crippen molar-refractivity contribution >= 4 is 108 Å². The van der Waals surface area contributed by atoms with Gasteiger partial charge in [0.1, 0.15) is 30.2 Å². The van der Waals surface area contributed by atoms with Gasteiger partial charge in [0.25, 0.3) is 0 Å². The van der Waals surface area contributed by atoms with Gasteiger partial charge in [0, 0.05) is 155 Å². The molecule has 0 saturated heterocycles. The lowest BCUT2D eigenvalue weighted by atomic mass is 9.99. The number of rotatable bonds is 29. The maximum Gasteiger partial charge on any atom is 0.326 e. The van der Waals surface area contributed by atoms with E-state index in [1.54, 1.807) is 35.9 Å². The lowest BCUT2D eigenvalue weighted by molar-refractivity contribution is -0.142. The third-order valence-corrected chi connectivity index (χ3v) is 18.8. The third-order valence-electron chi connectivity index (χ3n) is 18.8. The first-order valence-electron chi connectivity index (χ1n) is 34.0. The predicted octanol–water partition coefficient (Wildman–Crippen LogP) is 9.52. The van der Waals surface area contributed by atoms with Crippen LogP contribution in [0.2, 0.25) is 0 Å². The molecule has 12 N–H and O–H groups in total. The minimum absolute atomic E-state index is 0.00944. The minimum Gasteiger partial charge on any atom is -0.480 e. The Balaban J connectivity index is 0.715. The first-order chi connectivity index (χ1) is 49.3. The predicted molar refractivity (Wildman–Crippen MR) is 388 cm³/mol. The largest absolute Gasteiger partial charge is 0.480 e. The lowest BCUT2D eigenvalue weighted by Gasteiger charge is -2.27. The topological polar surface area (TPSA) is 311 Å². The average Bonchev–Trinajstić information content (AvgIpc) is 1.26. The van der Waals surface area contributed by atoms with E-state index in [1.165, 1.54) is 0 Å². The number of hydrogen-bond acceptors (Lipinski definition) is 8. The van der Waals surface area contributed by atoms with Crippen LogP contribution < -0.4 is 36.8 Å². The summed E-state index contributed by atoms with van der Waals surface area (Å²) in [5, 5.41) is 32.2. The molecule has 0 aliphatic carbocycles. The van der Waals surface area contributed by atoms with Gasteiger partial charge in [-0.3, -0.25) is 33.6 Å². The van der Waals surface area contributed by atoms with E-state index >= 15 is 14.4 Å². The zero-order valence-electron chi connectivity index (χ0n) is 55.3. The Morgan fingerprint density at radius 2 is 0.733 bits per heavy atom. The van der Waals surface area contributed by atoms with Gasteiger partial charge in [-0.05, 0) is 94.8 Å². The highest BCUT2D eigenvalue weighted by atomic mass is 16.4. The van der Waals surface area contributed by atoms with Crippen molar-refractivity contribution in [2.45, 2.75) is 107 Å². The van der Waals surface area contributed by atoms with Gasteiger partial charge in [0.15, 0.2) is 0 Å². The quantitative estimate of drug-likeness (QED) is 0.0157. The zero-order valence-corrected chi connectivity index (χ0v) is 55.3. The summed E-state index contributed by atoms with van der Waals surface area (Å²) in [6.45, 7) is 0.640. The number of anilines is 1. The number of amides is 7. The van der Waals surface area contributed by atoms with E-state index in [-0.39, 0.29) is 63.2 Å². The number of unbranched alkanes of at least 4 members (excludes halogenated alkanes) is 2. The molecule has 21 heteroatoms. The summed E-state index contributed by atoms with van der Waals surface area (Å²) in [6, 6.07) is 45.9. The van der Waals surface area contributed by atoms with Crippen molar-refractivity contribution in [2.75, 3.05) is 11.4 Å². The smallest absolute Gasteiger partial charge is 0.326 e. The van der Waals surface area contributed by atoms with E-state index in [0.29, 0.717) is 60.3 Å². The Morgan fingerprint density at radius 3 is 1.17 bits per heavy atom. The van der Waals surface area contributed by atoms with Gasteiger partial charge in [0.2, 0.25) is 41.4 Å². The SMILES string of the molecule is O=C(CCC(=O)N1Cc2ccccc2C#Cc2ccccc21)NCCCCCC(=O)N[C@H](Cc1c[nH]c2ccccc12)C(=O)N[C@H](Cc1c[nH]c2ccccc12)C(=O)N[C@H](Cc1c[nH]c2ccccc12)C(=O)N[C@H](Cc1c[nH]c2ccccc12)C(=O)N[C@H](Cc1c[nH]c2ccccc12)C(=O)O. The first kappa shape index (κ1) is 67.1. The maximum absolute atomic E-state index is 15.6. The molecule has 0 radical (unpaired) electrons. The van der Waals surface area contributed by atoms with Crippen molar-refractivity contribution in [3.8, 4) is 11.8 Å². The fourth-order valence-electron chi connectivity index (χ4n) is 13.5. The monoisotopic (exact) mass is 1350 g/mol. The minimum atomic E-state index is -1.41. The second-order valence-corrected chi connectivity index (χ2v) is 25.6.